The molecule has 434 valence electrons. The van der Waals surface area contributed by atoms with Crippen LogP contribution in [0, 0.1) is 0 Å². The average Bonchev–Trinajstić information content (AvgIpc) is 3.41. The molecule has 0 aromatic rings. The molecule has 0 saturated carbocycles. The van der Waals surface area contributed by atoms with Gasteiger partial charge >= 0.3 is 514 Å². The Morgan fingerprint density at radius 2 is 0.446 bits per heavy atom. The Labute approximate surface area is 898 Å². The van der Waals surface area contributed by atoms with Crippen LogP contribution in [0.15, 0.2) is 0 Å². The Bertz CT molecular complexity index is 3140. The van der Waals surface area contributed by atoms with Gasteiger partial charge in [0, 0.05) is 0 Å². The number of hydrogen-bond acceptors (Lipinski definition) is 45. The molecule has 0 bridgehead atoms. The second kappa shape index (κ2) is 48.2. The minimum atomic E-state index is -6.71. The standard InChI is InChI=1S/C18H32O45S10.10K/c19-64(20,21)50-2-6-9(56-18-16(63-73(46,47)48)14(61-71(40,41)42)12(59-69(34,35)36)8(55-18)4-52-66(25,26)27)13(60-70(37,38)39)15(62-72(43,44)45)17(54-6)49-1-5-10(57-67(28,29)30)11(58-68(31,32)33)7(53-5)3-51-65(22,23)24;;;;;;;;;;/h5-18H,1-4H2,(H,19,20,21)(H,22,23,24)(H,25,26,27)(H,28,29,30)(H,31,32,33)(H,34,35,36)(H,37,38,39)(H,40,41,42)(H,43,44,45)(H,46,47,48);;;;;;;;;;/q;10*+1/p-10/t5-,6-,7-,8-,9?,10-,11-,12-,13+,14+,15-,16-,17-,18-;;;;;;;;;;/m1........../s1. The summed E-state index contributed by atoms with van der Waals surface area (Å²) in [5.41, 5.74) is 0. The quantitative estimate of drug-likeness (QED) is 0.0399. The van der Waals surface area contributed by atoms with Crippen LogP contribution in [0.25, 0.3) is 0 Å². The summed E-state index contributed by atoms with van der Waals surface area (Å²) in [6.07, 6.45) is -46.0. The van der Waals surface area contributed by atoms with Gasteiger partial charge in [0.05, 0.1) is 26.4 Å². The van der Waals surface area contributed by atoms with Crippen LogP contribution >= 0.6 is 0 Å². The molecule has 0 spiro atoms. The van der Waals surface area contributed by atoms with E-state index >= 15 is 0 Å². The normalized spacial score (nSPS) is 28.0. The number of ether oxygens (including phenoxy) is 5. The van der Waals surface area contributed by atoms with Gasteiger partial charge in [-0.15, -0.1) is 0 Å². The molecule has 0 N–H and O–H groups in total. The molecule has 0 aromatic carbocycles. The van der Waals surface area contributed by atoms with Gasteiger partial charge in [-0.3, -0.25) is 41.8 Å². The summed E-state index contributed by atoms with van der Waals surface area (Å²) >= 11 is 0. The van der Waals surface area contributed by atoms with Crippen LogP contribution < -0.4 is 514 Å². The molecule has 0 amide bonds. The van der Waals surface area contributed by atoms with Gasteiger partial charge < -0.3 is 69.2 Å². The Balaban J connectivity index is -0.000000937. The first-order valence-electron chi connectivity index (χ1n) is 16.9. The van der Waals surface area contributed by atoms with Crippen molar-refractivity contribution in [1.29, 1.82) is 0 Å². The van der Waals surface area contributed by atoms with Crippen LogP contribution in [0.4, 0.5) is 0 Å². The van der Waals surface area contributed by atoms with Crippen molar-refractivity contribution in [3.8, 4) is 0 Å². The van der Waals surface area contributed by atoms with E-state index in [1.807, 2.05) is 0 Å². The van der Waals surface area contributed by atoms with Crippen molar-refractivity contribution in [2.75, 3.05) is 26.4 Å². The van der Waals surface area contributed by atoms with Gasteiger partial charge in [-0.2, -0.15) is 0 Å². The first-order valence-corrected chi connectivity index (χ1v) is 30.2. The zero-order chi connectivity index (χ0) is 56.5. The summed E-state index contributed by atoms with van der Waals surface area (Å²) in [4.78, 5) is 0. The molecule has 3 saturated heterocycles. The second-order valence-electron chi connectivity index (χ2n) is 13.1. The summed E-state index contributed by atoms with van der Waals surface area (Å²) in [6, 6.07) is 0. The van der Waals surface area contributed by atoms with E-state index in [1.54, 1.807) is 0 Å². The first kappa shape index (κ1) is 114. The Kier molecular flexibility index (Phi) is 66.1. The van der Waals surface area contributed by atoms with E-state index in [1.165, 1.54) is 0 Å². The minimum absolute atomic E-state index is 0. The fraction of sp³-hybridized carbons (Fsp3) is 1.00. The molecular weight excluding hydrogens is 1650 g/mol. The van der Waals surface area contributed by atoms with Crippen LogP contribution in [0.3, 0.4) is 0 Å². The molecule has 3 aliphatic heterocycles. The summed E-state index contributed by atoms with van der Waals surface area (Å²) < 4.78 is 414. The molecule has 1 unspecified atom stereocenters. The average molecular weight is 1670 g/mol. The van der Waals surface area contributed by atoms with E-state index in [9.17, 15) is 130 Å². The minimum Gasteiger partial charge on any atom is -0.726 e. The van der Waals surface area contributed by atoms with Crippen molar-refractivity contribution in [2.45, 2.75) is 85.8 Å². The molecule has 14 atom stereocenters. The maximum atomic E-state index is 12.1. The van der Waals surface area contributed by atoms with Crippen molar-refractivity contribution in [3.63, 3.8) is 0 Å². The molecule has 3 aliphatic rings. The van der Waals surface area contributed by atoms with E-state index in [0.717, 1.165) is 0 Å². The van der Waals surface area contributed by atoms with E-state index in [4.69, 9.17) is 23.7 Å². The molecule has 45 nitrogen and oxygen atoms in total. The van der Waals surface area contributed by atoms with Gasteiger partial charge in [0.2, 0.25) is 104 Å². The van der Waals surface area contributed by atoms with Gasteiger partial charge in [-0.1, -0.05) is 0 Å². The summed E-state index contributed by atoms with van der Waals surface area (Å²) in [5.74, 6) is 0. The zero-order valence-corrected chi connectivity index (χ0v) is 82.8. The SMILES string of the molecule is O=S(=O)([O-])OC[C@H]1O[C@@H](OC[C@H]2O[C@H](COS(=O)(=O)[O-])[C@@H](OS(=O)(=O)[O-])[C@@H]2OS(=O)(=O)[O-])[C@H](OS(=O)(=O)[O-])[C@@H](OS(=O)(=O)[O-])C1O[C@H]1O[C@H](COS(=O)(=O)[O-])[C@@H](OS(=O)(=O)[O-])[C@H](OS(=O)(=O)[O-])[C@H]1OS(=O)(=O)[O-].[K+].[K+].[K+].[K+].[K+].[K+].[K+].[K+].[K+].[K+]. The van der Waals surface area contributed by atoms with Crippen LogP contribution in [-0.2, 0) is 170 Å². The third-order valence-corrected chi connectivity index (χ3v) is 12.5. The Morgan fingerprint density at radius 3 is 0.735 bits per heavy atom. The molecule has 3 rings (SSSR count). The predicted molar refractivity (Wildman–Crippen MR) is 186 cm³/mol. The van der Waals surface area contributed by atoms with E-state index < -0.39 is 216 Å². The third kappa shape index (κ3) is 49.4. The maximum absolute atomic E-state index is 12.1. The van der Waals surface area contributed by atoms with Crippen molar-refractivity contribution < 1.29 is 709 Å². The van der Waals surface area contributed by atoms with E-state index in [-0.39, 0.29) is 514 Å². The van der Waals surface area contributed by atoms with Gasteiger partial charge in [0.15, 0.2) is 24.8 Å². The third-order valence-electron chi connectivity index (χ3n) is 8.04. The van der Waals surface area contributed by atoms with Gasteiger partial charge in [-0.05, 0) is 0 Å². The largest absolute Gasteiger partial charge is 1.00 e. The Hall–Kier alpha value is 14.9. The molecule has 65 heteroatoms. The van der Waals surface area contributed by atoms with Gasteiger partial charge in [-0.25, -0.2) is 84.2 Å². The molecule has 0 aliphatic carbocycles. The predicted octanol–water partition coefficient (Wildman–Crippen LogP) is -42.0. The summed E-state index contributed by atoms with van der Waals surface area (Å²) in [5, 5.41) is 0. The summed E-state index contributed by atoms with van der Waals surface area (Å²) in [6.45, 7) is -8.09. The fourth-order valence-corrected chi connectivity index (χ4v) is 10.4. The molecular formula is C18H22K10O45S10. The molecule has 83 heavy (non-hydrogen) atoms. The van der Waals surface area contributed by atoms with Crippen LogP contribution in [0.2, 0.25) is 0 Å². The Morgan fingerprint density at radius 1 is 0.241 bits per heavy atom. The van der Waals surface area contributed by atoms with Crippen molar-refractivity contribution in [2.24, 2.45) is 0 Å². The molecule has 0 radical (unpaired) electrons. The maximum Gasteiger partial charge on any atom is 1.00 e. The van der Waals surface area contributed by atoms with Gasteiger partial charge in [0.25, 0.3) is 0 Å². The monoisotopic (exact) mass is 1670 g/mol. The molecule has 3 fully saturated rings. The summed E-state index contributed by atoms with van der Waals surface area (Å²) in [7, 11) is -63.8. The first-order chi connectivity index (χ1) is 32.4. The second-order valence-corrected chi connectivity index (χ2v) is 23.3. The van der Waals surface area contributed by atoms with Crippen LogP contribution in [0.5, 0.6) is 0 Å². The van der Waals surface area contributed by atoms with E-state index in [2.05, 4.69) is 41.8 Å². The van der Waals surface area contributed by atoms with Crippen LogP contribution in [0.1, 0.15) is 0 Å². The topological polar surface area (TPSA) is 710 Å². The van der Waals surface area contributed by atoms with Crippen molar-refractivity contribution in [3.05, 3.63) is 0 Å². The number of rotatable bonds is 28. The van der Waals surface area contributed by atoms with E-state index in [0.29, 0.717) is 0 Å². The van der Waals surface area contributed by atoms with Crippen molar-refractivity contribution >= 4 is 104 Å². The molecule has 3 heterocycles. The van der Waals surface area contributed by atoms with Crippen molar-refractivity contribution in [1.82, 2.24) is 0 Å². The van der Waals surface area contributed by atoms with Crippen LogP contribution in [-0.4, -0.2) is 242 Å². The van der Waals surface area contributed by atoms with Gasteiger partial charge in [0.1, 0.15) is 61.0 Å². The zero-order valence-electron chi connectivity index (χ0n) is 43.4. The number of hydrogen-bond donors (Lipinski definition) is 0. The molecule has 0 aromatic heterocycles. The smallest absolute Gasteiger partial charge is 0.726 e. The fourth-order valence-electron chi connectivity index (χ4n) is 6.03.